The fourth-order valence-corrected chi connectivity index (χ4v) is 5.37. The molecule has 0 aromatic heterocycles. The van der Waals surface area contributed by atoms with Gasteiger partial charge in [0.2, 0.25) is 0 Å². The van der Waals surface area contributed by atoms with Crippen LogP contribution in [-0.4, -0.2) is 26.0 Å². The summed E-state index contributed by atoms with van der Waals surface area (Å²) < 4.78 is 0. The molecule has 0 aromatic rings. The van der Waals surface area contributed by atoms with Gasteiger partial charge in [0.25, 0.3) is 0 Å². The van der Waals surface area contributed by atoms with Crippen LogP contribution in [0.3, 0.4) is 0 Å². The Morgan fingerprint density at radius 2 is 1.08 bits per heavy atom. The molecule has 0 amide bonds. The van der Waals surface area contributed by atoms with E-state index >= 15 is 0 Å². The summed E-state index contributed by atoms with van der Waals surface area (Å²) in [5, 5.41) is 0. The maximum absolute atomic E-state index is 9.86. The van der Waals surface area contributed by atoms with Gasteiger partial charge in [-0.05, 0) is 0 Å². The Labute approximate surface area is 72.6 Å². The van der Waals surface area contributed by atoms with Gasteiger partial charge >= 0.3 is 71.8 Å². The van der Waals surface area contributed by atoms with Gasteiger partial charge in [0.1, 0.15) is 0 Å². The van der Waals surface area contributed by atoms with Crippen molar-refractivity contribution >= 4 is 7.28 Å². The molecule has 2 aliphatic rings. The molecule has 0 saturated heterocycles. The van der Waals surface area contributed by atoms with E-state index < -0.39 is 7.28 Å². The Morgan fingerprint density at radius 1 is 0.750 bits per heavy atom. The third-order valence-electron chi connectivity index (χ3n) is 3.55. The molecule has 2 fully saturated rings. The molecule has 2 rings (SSSR count). The van der Waals surface area contributed by atoms with Crippen LogP contribution in [0, 0.1) is 0 Å². The van der Waals surface area contributed by atoms with E-state index in [9.17, 15) is 14.7 Å². The van der Waals surface area contributed by atoms with E-state index in [-0.39, 0.29) is 11.3 Å². The molecule has 72 valence electrons. The Bertz CT molecular complexity index is 170. The van der Waals surface area contributed by atoms with Crippen molar-refractivity contribution in [1.29, 1.82) is 0 Å². The van der Waals surface area contributed by atoms with E-state index in [0.29, 0.717) is 0 Å². The second-order valence-electron chi connectivity index (χ2n) is 4.28. The second-order valence-corrected chi connectivity index (χ2v) is 7.96. The zero-order valence-electron chi connectivity index (χ0n) is 7.19. The van der Waals surface area contributed by atoms with Crippen LogP contribution < -0.4 is 0 Å². The summed E-state index contributed by atoms with van der Waals surface area (Å²) in [5.74, 6) is 0. The van der Waals surface area contributed by atoms with Crippen molar-refractivity contribution in [3.8, 4) is 0 Å². The van der Waals surface area contributed by atoms with Crippen LogP contribution in [0.5, 0.6) is 0 Å². The van der Waals surface area contributed by atoms with Gasteiger partial charge in [-0.1, -0.05) is 0 Å². The Morgan fingerprint density at radius 3 is 1.25 bits per heavy atom. The summed E-state index contributed by atoms with van der Waals surface area (Å²) in [7, 11) is -4.20. The zero-order chi connectivity index (χ0) is 8.84. The average molecular weight is 192 g/mol. The third-order valence-corrected chi connectivity index (χ3v) is 7.39. The van der Waals surface area contributed by atoms with Crippen LogP contribution in [0.4, 0.5) is 0 Å². The molecule has 0 unspecified atom stereocenters. The summed E-state index contributed by atoms with van der Waals surface area (Å²) in [4.78, 5) is 29.6. The van der Waals surface area contributed by atoms with Gasteiger partial charge in [0.15, 0.2) is 0 Å². The first-order valence-corrected chi connectivity index (χ1v) is 6.98. The minimum absolute atomic E-state index is 0.179. The SMILES string of the molecule is OP(O)(O)(C1CCC1)C1CCC1. The molecule has 0 heterocycles. The summed E-state index contributed by atoms with van der Waals surface area (Å²) in [6, 6.07) is 0. The average Bonchev–Trinajstić information content (AvgIpc) is 1.42. The maximum atomic E-state index is 9.86. The van der Waals surface area contributed by atoms with Crippen molar-refractivity contribution in [2.75, 3.05) is 0 Å². The first kappa shape index (κ1) is 8.89. The standard InChI is InChI=1S/C8H17O3P/c9-12(10,11,7-3-1-4-7)8-5-2-6-8/h7-11H,1-6H2. The van der Waals surface area contributed by atoms with Gasteiger partial charge < -0.3 is 0 Å². The van der Waals surface area contributed by atoms with E-state index in [4.69, 9.17) is 0 Å². The van der Waals surface area contributed by atoms with Gasteiger partial charge in [-0.25, -0.2) is 0 Å². The van der Waals surface area contributed by atoms with Crippen LogP contribution in [0.25, 0.3) is 0 Å². The van der Waals surface area contributed by atoms with E-state index in [0.717, 1.165) is 38.5 Å². The number of hydrogen-bond acceptors (Lipinski definition) is 3. The predicted octanol–water partition coefficient (Wildman–Crippen LogP) is 1.37. The van der Waals surface area contributed by atoms with Crippen molar-refractivity contribution in [3.05, 3.63) is 0 Å². The first-order chi connectivity index (χ1) is 5.49. The second kappa shape index (κ2) is 2.42. The van der Waals surface area contributed by atoms with E-state index in [2.05, 4.69) is 0 Å². The number of hydrogen-bond donors (Lipinski definition) is 3. The molecule has 0 radical (unpaired) electrons. The quantitative estimate of drug-likeness (QED) is 0.579. The van der Waals surface area contributed by atoms with Gasteiger partial charge in [0, 0.05) is 0 Å². The fraction of sp³-hybridized carbons (Fsp3) is 1.00. The number of rotatable bonds is 2. The van der Waals surface area contributed by atoms with E-state index in [1.165, 1.54) is 0 Å². The van der Waals surface area contributed by atoms with Crippen molar-refractivity contribution in [2.24, 2.45) is 0 Å². The molecule has 0 bridgehead atoms. The van der Waals surface area contributed by atoms with Gasteiger partial charge in [-0.3, -0.25) is 0 Å². The van der Waals surface area contributed by atoms with Crippen LogP contribution in [0.2, 0.25) is 0 Å². The molecule has 0 atom stereocenters. The Balaban J connectivity index is 2.12. The zero-order valence-corrected chi connectivity index (χ0v) is 8.08. The van der Waals surface area contributed by atoms with Crippen molar-refractivity contribution in [3.63, 3.8) is 0 Å². The Kier molecular flexibility index (Phi) is 1.79. The van der Waals surface area contributed by atoms with Gasteiger partial charge in [-0.15, -0.1) is 0 Å². The fourth-order valence-electron chi connectivity index (χ4n) is 2.06. The normalized spacial score (nSPS) is 30.1. The van der Waals surface area contributed by atoms with Gasteiger partial charge in [0.05, 0.1) is 0 Å². The van der Waals surface area contributed by atoms with Crippen molar-refractivity contribution in [1.82, 2.24) is 0 Å². The molecule has 2 aliphatic carbocycles. The molecule has 0 spiro atoms. The van der Waals surface area contributed by atoms with Gasteiger partial charge in [-0.2, -0.15) is 0 Å². The topological polar surface area (TPSA) is 60.7 Å². The summed E-state index contributed by atoms with van der Waals surface area (Å²) in [6.07, 6.45) is 5.29. The van der Waals surface area contributed by atoms with E-state index in [1.807, 2.05) is 0 Å². The molecule has 3 N–H and O–H groups in total. The molecule has 2 saturated carbocycles. The van der Waals surface area contributed by atoms with E-state index in [1.54, 1.807) is 0 Å². The Hall–Kier alpha value is 0.310. The van der Waals surface area contributed by atoms with Crippen LogP contribution >= 0.6 is 7.28 Å². The monoisotopic (exact) mass is 192 g/mol. The summed E-state index contributed by atoms with van der Waals surface area (Å²) >= 11 is 0. The third kappa shape index (κ3) is 1.12. The van der Waals surface area contributed by atoms with Crippen LogP contribution in [-0.2, 0) is 0 Å². The summed E-state index contributed by atoms with van der Waals surface area (Å²) in [6.45, 7) is 0. The van der Waals surface area contributed by atoms with Crippen LogP contribution in [0.15, 0.2) is 0 Å². The molecular weight excluding hydrogens is 175 g/mol. The van der Waals surface area contributed by atoms with Crippen LogP contribution in [0.1, 0.15) is 38.5 Å². The molecule has 12 heavy (non-hydrogen) atoms. The molecular formula is C8H17O3P. The molecule has 3 nitrogen and oxygen atoms in total. The summed E-state index contributed by atoms with van der Waals surface area (Å²) in [5.41, 5.74) is -0.359. The first-order valence-electron chi connectivity index (χ1n) is 4.75. The molecule has 4 heteroatoms. The molecule has 0 aromatic carbocycles. The van der Waals surface area contributed by atoms with Crippen molar-refractivity contribution < 1.29 is 14.7 Å². The minimum atomic E-state index is -4.20. The predicted molar refractivity (Wildman–Crippen MR) is 48.9 cm³/mol. The molecule has 0 aliphatic heterocycles. The van der Waals surface area contributed by atoms with Crippen molar-refractivity contribution in [2.45, 2.75) is 49.8 Å².